The molecule has 0 unspecified atom stereocenters. The maximum Gasteiger partial charge on any atom is 0.263 e. The lowest BCUT2D eigenvalue weighted by Gasteiger charge is -2.08. The largest absolute Gasteiger partial charge is 0.345 e. The highest BCUT2D eigenvalue weighted by atomic mass is 32.2. The topological polar surface area (TPSA) is 87.8 Å². The van der Waals surface area contributed by atoms with E-state index in [0.29, 0.717) is 33.3 Å². The van der Waals surface area contributed by atoms with E-state index in [1.54, 1.807) is 54.9 Å². The van der Waals surface area contributed by atoms with Crippen molar-refractivity contribution in [3.05, 3.63) is 77.1 Å². The lowest BCUT2D eigenvalue weighted by Crippen LogP contribution is -2.13. The minimum atomic E-state index is -3.87. The highest BCUT2D eigenvalue weighted by Crippen LogP contribution is 2.33. The van der Waals surface area contributed by atoms with Crippen LogP contribution in [0.4, 0.5) is 10.1 Å². The van der Waals surface area contributed by atoms with Crippen molar-refractivity contribution in [3.8, 4) is 28.0 Å². The Bertz CT molecular complexity index is 1410. The second-order valence-corrected chi connectivity index (χ2v) is 9.39. The van der Waals surface area contributed by atoms with Crippen LogP contribution in [0.2, 0.25) is 0 Å². The van der Waals surface area contributed by atoms with Gasteiger partial charge in [0.1, 0.15) is 15.7 Å². The highest BCUT2D eigenvalue weighted by Gasteiger charge is 2.24. The van der Waals surface area contributed by atoms with Gasteiger partial charge in [0.2, 0.25) is 0 Å². The third-order valence-electron chi connectivity index (χ3n) is 4.89. The van der Waals surface area contributed by atoms with Crippen LogP contribution in [0.3, 0.4) is 0 Å². The van der Waals surface area contributed by atoms with Crippen LogP contribution in [-0.4, -0.2) is 18.0 Å². The van der Waals surface area contributed by atoms with Crippen LogP contribution in [0.25, 0.3) is 22.0 Å². The van der Waals surface area contributed by atoms with Gasteiger partial charge in [-0.3, -0.25) is 4.72 Å². The number of rotatable bonds is 5. The Hall–Kier alpha value is -3.48. The summed E-state index contributed by atoms with van der Waals surface area (Å²) in [7, 11) is -2.10. The van der Waals surface area contributed by atoms with Crippen molar-refractivity contribution in [2.24, 2.45) is 7.05 Å². The molecule has 0 saturated heterocycles. The van der Waals surface area contributed by atoms with Gasteiger partial charge in [0, 0.05) is 23.7 Å². The molecular formula is C22H17FN4O2S2. The average molecular weight is 453 g/mol. The molecule has 9 heteroatoms. The van der Waals surface area contributed by atoms with E-state index in [1.165, 1.54) is 29.5 Å². The van der Waals surface area contributed by atoms with Crippen molar-refractivity contribution in [2.45, 2.75) is 11.8 Å². The Morgan fingerprint density at radius 1 is 1.16 bits per heavy atom. The molecule has 0 bridgehead atoms. The standard InChI is InChI=1S/C22H17FN4O2S2/c1-14-21(31(28,29)26-18-5-3-4-15(10-18)12-24)11-20(27(14)2)22-25-19(13-30-22)16-6-8-17(23)9-7-16/h3-11,13,26H,1-2H3. The van der Waals surface area contributed by atoms with E-state index < -0.39 is 10.0 Å². The molecule has 2 aromatic carbocycles. The van der Waals surface area contributed by atoms with E-state index in [2.05, 4.69) is 9.71 Å². The first-order valence-corrected chi connectivity index (χ1v) is 11.6. The molecule has 0 fully saturated rings. The van der Waals surface area contributed by atoms with Gasteiger partial charge >= 0.3 is 0 Å². The first-order chi connectivity index (χ1) is 14.8. The number of halogens is 1. The fourth-order valence-corrected chi connectivity index (χ4v) is 5.38. The predicted octanol–water partition coefficient (Wildman–Crippen LogP) is 4.94. The molecule has 0 aliphatic carbocycles. The summed E-state index contributed by atoms with van der Waals surface area (Å²) >= 11 is 1.38. The third kappa shape index (κ3) is 4.08. The maximum atomic E-state index is 13.2. The zero-order chi connectivity index (χ0) is 22.2. The van der Waals surface area contributed by atoms with E-state index in [1.807, 2.05) is 11.4 Å². The molecular weight excluding hydrogens is 435 g/mol. The van der Waals surface area contributed by atoms with Crippen LogP contribution in [0.1, 0.15) is 11.3 Å². The zero-order valence-electron chi connectivity index (χ0n) is 16.6. The van der Waals surface area contributed by atoms with Crippen LogP contribution in [0.5, 0.6) is 0 Å². The first kappa shape index (κ1) is 20.8. The lowest BCUT2D eigenvalue weighted by molar-refractivity contribution is 0.600. The molecule has 4 aromatic rings. The number of hydrogen-bond donors (Lipinski definition) is 1. The molecule has 0 spiro atoms. The molecule has 0 atom stereocenters. The smallest absolute Gasteiger partial charge is 0.263 e. The van der Waals surface area contributed by atoms with Crippen LogP contribution in [0.15, 0.2) is 64.9 Å². The summed E-state index contributed by atoms with van der Waals surface area (Å²) < 4.78 is 43.5. The Morgan fingerprint density at radius 3 is 2.61 bits per heavy atom. The van der Waals surface area contributed by atoms with Crippen molar-refractivity contribution >= 4 is 27.0 Å². The second kappa shape index (κ2) is 7.98. The molecule has 0 amide bonds. The van der Waals surface area contributed by atoms with Crippen molar-refractivity contribution in [2.75, 3.05) is 4.72 Å². The van der Waals surface area contributed by atoms with Crippen molar-refractivity contribution in [1.82, 2.24) is 9.55 Å². The fourth-order valence-electron chi connectivity index (χ4n) is 3.16. The fraction of sp³-hybridized carbons (Fsp3) is 0.0909. The molecule has 1 N–H and O–H groups in total. The normalized spacial score (nSPS) is 11.3. The van der Waals surface area contributed by atoms with E-state index in [0.717, 1.165) is 5.56 Å². The SMILES string of the molecule is Cc1c(S(=O)(=O)Nc2cccc(C#N)c2)cc(-c2nc(-c3ccc(F)cc3)cs2)n1C. The quantitative estimate of drug-likeness (QED) is 0.465. The molecule has 0 aliphatic heterocycles. The summed E-state index contributed by atoms with van der Waals surface area (Å²) in [6.45, 7) is 1.72. The Morgan fingerprint density at radius 2 is 1.90 bits per heavy atom. The second-order valence-electron chi connectivity index (χ2n) is 6.88. The number of nitrogens with zero attached hydrogens (tertiary/aromatic N) is 3. The number of hydrogen-bond acceptors (Lipinski definition) is 5. The van der Waals surface area contributed by atoms with Gasteiger partial charge in [-0.05, 0) is 55.5 Å². The van der Waals surface area contributed by atoms with Crippen LogP contribution >= 0.6 is 11.3 Å². The van der Waals surface area contributed by atoms with Crippen molar-refractivity contribution in [3.63, 3.8) is 0 Å². The molecule has 4 rings (SSSR count). The number of sulfonamides is 1. The number of thiazole rings is 1. The van der Waals surface area contributed by atoms with Gasteiger partial charge in [-0.25, -0.2) is 17.8 Å². The summed E-state index contributed by atoms with van der Waals surface area (Å²) in [5, 5.41) is 11.5. The van der Waals surface area contributed by atoms with E-state index >= 15 is 0 Å². The minimum absolute atomic E-state index is 0.130. The summed E-state index contributed by atoms with van der Waals surface area (Å²) in [4.78, 5) is 4.74. The van der Waals surface area contributed by atoms with E-state index in [-0.39, 0.29) is 10.7 Å². The van der Waals surface area contributed by atoms with Crippen LogP contribution < -0.4 is 4.72 Å². The van der Waals surface area contributed by atoms with Gasteiger partial charge in [0.05, 0.1) is 28.7 Å². The summed E-state index contributed by atoms with van der Waals surface area (Å²) in [6.07, 6.45) is 0. The lowest BCUT2D eigenvalue weighted by atomic mass is 10.2. The van der Waals surface area contributed by atoms with Crippen LogP contribution in [0, 0.1) is 24.1 Å². The summed E-state index contributed by atoms with van der Waals surface area (Å²) in [5.74, 6) is -0.320. The van der Waals surface area contributed by atoms with Gasteiger partial charge in [-0.2, -0.15) is 5.26 Å². The highest BCUT2D eigenvalue weighted by molar-refractivity contribution is 7.92. The monoisotopic (exact) mass is 452 g/mol. The predicted molar refractivity (Wildman–Crippen MR) is 119 cm³/mol. The van der Waals surface area contributed by atoms with E-state index in [9.17, 15) is 12.8 Å². The third-order valence-corrected chi connectivity index (χ3v) is 7.25. The number of nitriles is 1. The number of anilines is 1. The maximum absolute atomic E-state index is 13.2. The van der Waals surface area contributed by atoms with Gasteiger partial charge in [-0.1, -0.05) is 6.07 Å². The first-order valence-electron chi connectivity index (χ1n) is 9.19. The Balaban J connectivity index is 1.68. The van der Waals surface area contributed by atoms with E-state index in [4.69, 9.17) is 5.26 Å². The zero-order valence-corrected chi connectivity index (χ0v) is 18.3. The summed E-state index contributed by atoms with van der Waals surface area (Å²) in [5.41, 5.74) is 3.36. The number of benzene rings is 2. The molecule has 2 aromatic heterocycles. The van der Waals surface area contributed by atoms with Gasteiger partial charge in [-0.15, -0.1) is 11.3 Å². The van der Waals surface area contributed by atoms with Gasteiger partial charge in [0.25, 0.3) is 10.0 Å². The van der Waals surface area contributed by atoms with Crippen molar-refractivity contribution in [1.29, 1.82) is 5.26 Å². The molecule has 0 radical (unpaired) electrons. The van der Waals surface area contributed by atoms with Crippen LogP contribution in [-0.2, 0) is 17.1 Å². The molecule has 0 aliphatic rings. The minimum Gasteiger partial charge on any atom is -0.345 e. The molecule has 6 nitrogen and oxygen atoms in total. The van der Waals surface area contributed by atoms with Crippen molar-refractivity contribution < 1.29 is 12.8 Å². The number of aromatic nitrogens is 2. The van der Waals surface area contributed by atoms with Gasteiger partial charge in [0.15, 0.2) is 0 Å². The molecule has 0 saturated carbocycles. The molecule has 2 heterocycles. The Labute approximate surface area is 183 Å². The van der Waals surface area contributed by atoms with Gasteiger partial charge < -0.3 is 4.57 Å². The average Bonchev–Trinajstić information content (AvgIpc) is 3.34. The Kier molecular flexibility index (Phi) is 5.35. The molecule has 156 valence electrons. The summed E-state index contributed by atoms with van der Waals surface area (Å²) in [6, 6.07) is 15.9. The number of nitrogens with one attached hydrogen (secondary N) is 1. The molecule has 31 heavy (non-hydrogen) atoms.